The van der Waals surface area contributed by atoms with Crippen molar-refractivity contribution in [3.63, 3.8) is 0 Å². The number of benzene rings is 2. The lowest BCUT2D eigenvalue weighted by atomic mass is 10.2. The van der Waals surface area contributed by atoms with Gasteiger partial charge in [0.05, 0.1) is 15.2 Å². The average molecular weight is 339 g/mol. The average Bonchev–Trinajstić information content (AvgIpc) is 2.31. The molecule has 2 nitrogen and oxygen atoms in total. The summed E-state index contributed by atoms with van der Waals surface area (Å²) in [7, 11) is 0. The molecule has 0 saturated heterocycles. The van der Waals surface area contributed by atoms with E-state index >= 15 is 0 Å². The van der Waals surface area contributed by atoms with Gasteiger partial charge in [-0.15, -0.1) is 0 Å². The van der Waals surface area contributed by atoms with E-state index in [1.807, 2.05) is 24.3 Å². The van der Waals surface area contributed by atoms with Crippen LogP contribution in [-0.2, 0) is 0 Å². The molecular weight excluding hydrogens is 332 g/mol. The molecule has 0 aliphatic carbocycles. The maximum atomic E-state index is 13.2. The van der Waals surface area contributed by atoms with Gasteiger partial charge in [-0.3, -0.25) is 0 Å². The molecule has 0 radical (unpaired) electrons. The summed E-state index contributed by atoms with van der Waals surface area (Å²) in [4.78, 5) is 0. The van der Waals surface area contributed by atoms with Gasteiger partial charge in [-0.2, -0.15) is 5.26 Å². The molecule has 84 valence electrons. The van der Waals surface area contributed by atoms with Crippen LogP contribution in [0.2, 0.25) is 0 Å². The minimum Gasteiger partial charge on any atom is -0.456 e. The van der Waals surface area contributed by atoms with E-state index in [2.05, 4.69) is 22.6 Å². The van der Waals surface area contributed by atoms with Gasteiger partial charge in [-0.25, -0.2) is 4.39 Å². The Balaban J connectivity index is 2.34. The molecule has 0 heterocycles. The van der Waals surface area contributed by atoms with Gasteiger partial charge < -0.3 is 4.74 Å². The van der Waals surface area contributed by atoms with Crippen molar-refractivity contribution < 1.29 is 9.13 Å². The van der Waals surface area contributed by atoms with Crippen molar-refractivity contribution in [2.24, 2.45) is 0 Å². The number of para-hydroxylation sites is 1. The van der Waals surface area contributed by atoms with Gasteiger partial charge in [0, 0.05) is 6.07 Å². The summed E-state index contributed by atoms with van der Waals surface area (Å²) in [5.41, 5.74) is 0.242. The zero-order valence-electron chi connectivity index (χ0n) is 8.65. The monoisotopic (exact) mass is 339 g/mol. The number of rotatable bonds is 2. The molecular formula is C13H7FINO. The fourth-order valence-corrected chi connectivity index (χ4v) is 1.84. The molecule has 2 rings (SSSR count). The first-order valence-corrected chi connectivity index (χ1v) is 5.90. The predicted octanol–water partition coefficient (Wildman–Crippen LogP) is 4.09. The number of hydrogen-bond donors (Lipinski definition) is 0. The van der Waals surface area contributed by atoms with Crippen LogP contribution < -0.4 is 4.74 Å². The van der Waals surface area contributed by atoms with Gasteiger partial charge in [0.1, 0.15) is 17.3 Å². The molecule has 0 N–H and O–H groups in total. The molecule has 2 aromatic carbocycles. The minimum atomic E-state index is -0.481. The molecule has 0 spiro atoms. The third-order valence-electron chi connectivity index (χ3n) is 2.06. The smallest absolute Gasteiger partial charge is 0.140 e. The summed E-state index contributed by atoms with van der Waals surface area (Å²) in [6.45, 7) is 0. The molecule has 17 heavy (non-hydrogen) atoms. The third kappa shape index (κ3) is 2.94. The normalized spacial score (nSPS) is 9.71. The highest BCUT2D eigenvalue weighted by atomic mass is 127. The molecule has 2 aromatic rings. The molecule has 0 fully saturated rings. The van der Waals surface area contributed by atoms with Crippen molar-refractivity contribution in [3.8, 4) is 17.6 Å². The Morgan fingerprint density at radius 2 is 1.94 bits per heavy atom. The quantitative estimate of drug-likeness (QED) is 0.772. The number of nitrogens with zero attached hydrogens (tertiary/aromatic N) is 1. The Morgan fingerprint density at radius 3 is 2.65 bits per heavy atom. The lowest BCUT2D eigenvalue weighted by Crippen LogP contribution is -1.89. The van der Waals surface area contributed by atoms with Gasteiger partial charge in [0.25, 0.3) is 0 Å². The zero-order chi connectivity index (χ0) is 12.3. The maximum Gasteiger partial charge on any atom is 0.140 e. The lowest BCUT2D eigenvalue weighted by molar-refractivity contribution is 0.473. The molecule has 0 saturated carbocycles. The van der Waals surface area contributed by atoms with E-state index in [9.17, 15) is 4.39 Å². The predicted molar refractivity (Wildman–Crippen MR) is 70.3 cm³/mol. The second kappa shape index (κ2) is 5.15. The first-order chi connectivity index (χ1) is 8.19. The van der Waals surface area contributed by atoms with E-state index in [1.54, 1.807) is 6.07 Å². The van der Waals surface area contributed by atoms with Crippen molar-refractivity contribution in [1.29, 1.82) is 5.26 Å². The Morgan fingerprint density at radius 1 is 1.18 bits per heavy atom. The minimum absolute atomic E-state index is 0.242. The Hall–Kier alpha value is -1.61. The Kier molecular flexibility index (Phi) is 3.59. The van der Waals surface area contributed by atoms with E-state index in [0.29, 0.717) is 11.5 Å². The third-order valence-corrected chi connectivity index (χ3v) is 2.96. The van der Waals surface area contributed by atoms with Gasteiger partial charge >= 0.3 is 0 Å². The molecule has 0 atom stereocenters. The van der Waals surface area contributed by atoms with Gasteiger partial charge in [-0.05, 0) is 46.9 Å². The van der Waals surface area contributed by atoms with Gasteiger partial charge in [0.2, 0.25) is 0 Å². The van der Waals surface area contributed by atoms with Crippen LogP contribution >= 0.6 is 22.6 Å². The highest BCUT2D eigenvalue weighted by molar-refractivity contribution is 14.1. The van der Waals surface area contributed by atoms with Crippen LogP contribution in [0.5, 0.6) is 11.5 Å². The van der Waals surface area contributed by atoms with Crippen LogP contribution in [0.15, 0.2) is 42.5 Å². The van der Waals surface area contributed by atoms with Crippen molar-refractivity contribution in [3.05, 3.63) is 57.4 Å². The van der Waals surface area contributed by atoms with Gasteiger partial charge in [-0.1, -0.05) is 12.1 Å². The summed E-state index contributed by atoms with van der Waals surface area (Å²) >= 11 is 2.13. The first-order valence-electron chi connectivity index (χ1n) is 4.82. The second-order valence-electron chi connectivity index (χ2n) is 3.32. The van der Waals surface area contributed by atoms with E-state index in [1.165, 1.54) is 18.2 Å². The summed E-state index contributed by atoms with van der Waals surface area (Å²) < 4.78 is 19.6. The van der Waals surface area contributed by atoms with Crippen molar-refractivity contribution in [2.45, 2.75) is 0 Å². The van der Waals surface area contributed by atoms with Crippen LogP contribution in [0.25, 0.3) is 0 Å². The summed E-state index contributed by atoms with van der Waals surface area (Å²) in [6.07, 6.45) is 0. The Bertz CT molecular complexity index is 592. The van der Waals surface area contributed by atoms with E-state index in [-0.39, 0.29) is 5.56 Å². The number of halogens is 2. The fourth-order valence-electron chi connectivity index (χ4n) is 1.34. The molecule has 0 unspecified atom stereocenters. The van der Waals surface area contributed by atoms with E-state index in [4.69, 9.17) is 10.00 Å². The summed E-state index contributed by atoms with van der Waals surface area (Å²) in [5.74, 6) is 0.484. The number of hydrogen-bond acceptors (Lipinski definition) is 2. The molecule has 0 aliphatic heterocycles. The summed E-state index contributed by atoms with van der Waals surface area (Å²) in [6, 6.07) is 13.2. The molecule has 0 amide bonds. The molecule has 0 bridgehead atoms. The van der Waals surface area contributed by atoms with Crippen molar-refractivity contribution in [2.75, 3.05) is 0 Å². The van der Waals surface area contributed by atoms with Crippen molar-refractivity contribution in [1.82, 2.24) is 0 Å². The molecule has 0 aromatic heterocycles. The maximum absolute atomic E-state index is 13.2. The van der Waals surface area contributed by atoms with Crippen LogP contribution in [0.4, 0.5) is 4.39 Å². The van der Waals surface area contributed by atoms with Crippen LogP contribution in [0, 0.1) is 20.7 Å². The largest absolute Gasteiger partial charge is 0.456 e. The highest BCUT2D eigenvalue weighted by Crippen LogP contribution is 2.27. The first kappa shape index (κ1) is 11.9. The zero-order valence-corrected chi connectivity index (χ0v) is 10.8. The number of nitriles is 1. The fraction of sp³-hybridized carbons (Fsp3) is 0. The van der Waals surface area contributed by atoms with E-state index < -0.39 is 5.82 Å². The highest BCUT2D eigenvalue weighted by Gasteiger charge is 2.05. The SMILES string of the molecule is N#Cc1cc(F)cc(Oc2ccccc2I)c1. The Labute approximate surface area is 112 Å². The van der Waals surface area contributed by atoms with Crippen LogP contribution in [0.1, 0.15) is 5.56 Å². The second-order valence-corrected chi connectivity index (χ2v) is 4.48. The topological polar surface area (TPSA) is 33.0 Å². The molecule has 0 aliphatic rings. The number of ether oxygens (including phenoxy) is 1. The lowest BCUT2D eigenvalue weighted by Gasteiger charge is -2.07. The van der Waals surface area contributed by atoms with E-state index in [0.717, 1.165) is 3.57 Å². The van der Waals surface area contributed by atoms with Crippen molar-refractivity contribution >= 4 is 22.6 Å². The standard InChI is InChI=1S/C13H7FINO/c14-10-5-9(8-16)6-11(7-10)17-13-4-2-1-3-12(13)15/h1-7H. The summed E-state index contributed by atoms with van der Waals surface area (Å²) in [5, 5.41) is 8.73. The molecule has 4 heteroatoms. The van der Waals surface area contributed by atoms with Gasteiger partial charge in [0.15, 0.2) is 0 Å². The van der Waals surface area contributed by atoms with Crippen LogP contribution in [0.3, 0.4) is 0 Å². The van der Waals surface area contributed by atoms with Crippen LogP contribution in [-0.4, -0.2) is 0 Å².